The predicted octanol–water partition coefficient (Wildman–Crippen LogP) is 3.83. The van der Waals surface area contributed by atoms with Crippen molar-refractivity contribution in [1.82, 2.24) is 0 Å². The molecular formula is C14H12ClNO2. The Morgan fingerprint density at radius 1 is 1.17 bits per heavy atom. The first-order chi connectivity index (χ1) is 8.61. The van der Waals surface area contributed by atoms with Gasteiger partial charge in [-0.1, -0.05) is 35.0 Å². The number of rotatable bonds is 2. The van der Waals surface area contributed by atoms with Gasteiger partial charge in [0, 0.05) is 5.56 Å². The van der Waals surface area contributed by atoms with Crippen molar-refractivity contribution in [1.29, 1.82) is 0 Å². The van der Waals surface area contributed by atoms with Gasteiger partial charge in [0.05, 0.1) is 11.2 Å². The number of phenols is 1. The third kappa shape index (κ3) is 2.46. The Balaban J connectivity index is 2.48. The summed E-state index contributed by atoms with van der Waals surface area (Å²) in [6.07, 6.45) is 1.29. The molecule has 0 heterocycles. The second kappa shape index (κ2) is 5.10. The molecule has 0 aromatic heterocycles. The zero-order valence-electron chi connectivity index (χ0n) is 9.76. The number of oxime groups is 1. The minimum absolute atomic E-state index is 0.242. The van der Waals surface area contributed by atoms with E-state index < -0.39 is 0 Å². The van der Waals surface area contributed by atoms with Crippen molar-refractivity contribution in [3.05, 3.63) is 52.5 Å². The first kappa shape index (κ1) is 12.5. The molecule has 0 aliphatic rings. The average Bonchev–Trinajstić information content (AvgIpc) is 2.32. The van der Waals surface area contributed by atoms with Crippen molar-refractivity contribution in [2.24, 2.45) is 5.16 Å². The summed E-state index contributed by atoms with van der Waals surface area (Å²) in [5.41, 5.74) is 3.57. The summed E-state index contributed by atoms with van der Waals surface area (Å²) in [5, 5.41) is 21.3. The van der Waals surface area contributed by atoms with Crippen LogP contribution in [0.2, 0.25) is 5.02 Å². The molecule has 18 heavy (non-hydrogen) atoms. The highest BCUT2D eigenvalue weighted by Gasteiger charge is 2.05. The summed E-state index contributed by atoms with van der Waals surface area (Å²) < 4.78 is 0. The normalized spacial score (nSPS) is 11.0. The van der Waals surface area contributed by atoms with Crippen molar-refractivity contribution < 1.29 is 10.3 Å². The Morgan fingerprint density at radius 3 is 2.56 bits per heavy atom. The van der Waals surface area contributed by atoms with E-state index >= 15 is 0 Å². The largest absolute Gasteiger partial charge is 0.508 e. The molecule has 0 atom stereocenters. The van der Waals surface area contributed by atoms with E-state index in [2.05, 4.69) is 5.16 Å². The molecular weight excluding hydrogens is 250 g/mol. The van der Waals surface area contributed by atoms with Crippen LogP contribution in [0.3, 0.4) is 0 Å². The second-order valence-electron chi connectivity index (χ2n) is 3.98. The zero-order valence-corrected chi connectivity index (χ0v) is 10.5. The molecule has 0 unspecified atom stereocenters. The van der Waals surface area contributed by atoms with Gasteiger partial charge in [0.2, 0.25) is 0 Å². The summed E-state index contributed by atoms with van der Waals surface area (Å²) in [7, 11) is 0. The quantitative estimate of drug-likeness (QED) is 0.490. The summed E-state index contributed by atoms with van der Waals surface area (Å²) in [5.74, 6) is 0.242. The van der Waals surface area contributed by atoms with Crippen LogP contribution in [0.4, 0.5) is 0 Å². The monoisotopic (exact) mass is 261 g/mol. The number of phenolic OH excluding ortho intramolecular Hbond substituents is 1. The van der Waals surface area contributed by atoms with E-state index in [1.165, 1.54) is 6.21 Å². The van der Waals surface area contributed by atoms with Gasteiger partial charge in [-0.05, 0) is 41.8 Å². The van der Waals surface area contributed by atoms with Crippen LogP contribution >= 0.6 is 11.6 Å². The molecule has 0 aliphatic heterocycles. The standard InChI is InChI=1S/C14H12ClNO2/c1-9-6-12(17)4-5-13(9)10-2-3-11(8-16-18)14(15)7-10/h2-8,17-18H,1H3/b16-8+. The maximum atomic E-state index is 9.38. The van der Waals surface area contributed by atoms with E-state index in [1.54, 1.807) is 24.3 Å². The smallest absolute Gasteiger partial charge is 0.115 e. The maximum absolute atomic E-state index is 9.38. The lowest BCUT2D eigenvalue weighted by atomic mass is 9.99. The second-order valence-corrected chi connectivity index (χ2v) is 4.39. The van der Waals surface area contributed by atoms with Crippen molar-refractivity contribution in [3.63, 3.8) is 0 Å². The van der Waals surface area contributed by atoms with Gasteiger partial charge < -0.3 is 10.3 Å². The first-order valence-corrected chi connectivity index (χ1v) is 5.76. The van der Waals surface area contributed by atoms with Crippen LogP contribution in [-0.2, 0) is 0 Å². The number of benzene rings is 2. The lowest BCUT2D eigenvalue weighted by Gasteiger charge is -2.08. The summed E-state index contributed by atoms with van der Waals surface area (Å²) in [6.45, 7) is 1.92. The molecule has 2 N–H and O–H groups in total. The molecule has 2 aromatic rings. The molecule has 0 spiro atoms. The topological polar surface area (TPSA) is 52.8 Å². The summed E-state index contributed by atoms with van der Waals surface area (Å²) in [4.78, 5) is 0. The van der Waals surface area contributed by atoms with Crippen LogP contribution in [0.1, 0.15) is 11.1 Å². The fourth-order valence-corrected chi connectivity index (χ4v) is 2.06. The fraction of sp³-hybridized carbons (Fsp3) is 0.0714. The maximum Gasteiger partial charge on any atom is 0.115 e. The van der Waals surface area contributed by atoms with Crippen LogP contribution < -0.4 is 0 Å². The van der Waals surface area contributed by atoms with Crippen molar-refractivity contribution in [2.75, 3.05) is 0 Å². The molecule has 4 heteroatoms. The number of halogens is 1. The van der Waals surface area contributed by atoms with E-state index in [0.29, 0.717) is 10.6 Å². The van der Waals surface area contributed by atoms with Gasteiger partial charge in [-0.3, -0.25) is 0 Å². The van der Waals surface area contributed by atoms with E-state index in [0.717, 1.165) is 16.7 Å². The highest BCUT2D eigenvalue weighted by Crippen LogP contribution is 2.29. The predicted molar refractivity (Wildman–Crippen MR) is 72.7 cm³/mol. The lowest BCUT2D eigenvalue weighted by Crippen LogP contribution is -1.87. The number of aromatic hydroxyl groups is 1. The molecule has 0 fully saturated rings. The van der Waals surface area contributed by atoms with Gasteiger partial charge in [-0.25, -0.2) is 0 Å². The van der Waals surface area contributed by atoms with Gasteiger partial charge in [-0.15, -0.1) is 0 Å². The van der Waals surface area contributed by atoms with Crippen LogP contribution in [-0.4, -0.2) is 16.5 Å². The van der Waals surface area contributed by atoms with Crippen LogP contribution in [0, 0.1) is 6.92 Å². The van der Waals surface area contributed by atoms with Gasteiger partial charge in [-0.2, -0.15) is 0 Å². The Bertz CT molecular complexity index is 609. The molecule has 92 valence electrons. The average molecular weight is 262 g/mol. The molecule has 0 radical (unpaired) electrons. The highest BCUT2D eigenvalue weighted by molar-refractivity contribution is 6.33. The lowest BCUT2D eigenvalue weighted by molar-refractivity contribution is 0.322. The minimum Gasteiger partial charge on any atom is -0.508 e. The third-order valence-electron chi connectivity index (χ3n) is 2.72. The van der Waals surface area contributed by atoms with Crippen molar-refractivity contribution in [2.45, 2.75) is 6.92 Å². The molecule has 2 aromatic carbocycles. The Kier molecular flexibility index (Phi) is 3.53. The minimum atomic E-state index is 0.242. The summed E-state index contributed by atoms with van der Waals surface area (Å²) in [6, 6.07) is 10.7. The van der Waals surface area contributed by atoms with Gasteiger partial charge in [0.25, 0.3) is 0 Å². The first-order valence-electron chi connectivity index (χ1n) is 5.39. The number of nitrogens with zero attached hydrogens (tertiary/aromatic N) is 1. The molecule has 0 saturated heterocycles. The molecule has 0 amide bonds. The fourth-order valence-electron chi connectivity index (χ4n) is 1.83. The Hall–Kier alpha value is -2.00. The van der Waals surface area contributed by atoms with E-state index in [1.807, 2.05) is 19.1 Å². The zero-order chi connectivity index (χ0) is 13.1. The molecule has 3 nitrogen and oxygen atoms in total. The molecule has 2 rings (SSSR count). The van der Waals surface area contributed by atoms with E-state index in [4.69, 9.17) is 16.8 Å². The molecule has 0 bridgehead atoms. The summed E-state index contributed by atoms with van der Waals surface area (Å²) >= 11 is 6.09. The van der Waals surface area contributed by atoms with Gasteiger partial charge in [0.15, 0.2) is 0 Å². The third-order valence-corrected chi connectivity index (χ3v) is 3.05. The van der Waals surface area contributed by atoms with Crippen molar-refractivity contribution >= 4 is 17.8 Å². The number of hydrogen-bond acceptors (Lipinski definition) is 3. The van der Waals surface area contributed by atoms with Gasteiger partial charge in [0.1, 0.15) is 5.75 Å². The molecule has 0 aliphatic carbocycles. The highest BCUT2D eigenvalue weighted by atomic mass is 35.5. The Labute approximate surface area is 110 Å². The Morgan fingerprint density at radius 2 is 1.94 bits per heavy atom. The van der Waals surface area contributed by atoms with E-state index in [-0.39, 0.29) is 5.75 Å². The van der Waals surface area contributed by atoms with Crippen LogP contribution in [0.25, 0.3) is 11.1 Å². The number of aryl methyl sites for hydroxylation is 1. The van der Waals surface area contributed by atoms with Crippen LogP contribution in [0.15, 0.2) is 41.6 Å². The van der Waals surface area contributed by atoms with Crippen LogP contribution in [0.5, 0.6) is 5.75 Å². The molecule has 0 saturated carbocycles. The van der Waals surface area contributed by atoms with Gasteiger partial charge >= 0.3 is 0 Å². The van der Waals surface area contributed by atoms with Crippen molar-refractivity contribution in [3.8, 4) is 16.9 Å². The number of hydrogen-bond donors (Lipinski definition) is 2. The van der Waals surface area contributed by atoms with E-state index in [9.17, 15) is 5.11 Å². The SMILES string of the molecule is Cc1cc(O)ccc1-c1ccc(/C=N/O)c(Cl)c1.